The number of unbranched alkanes of at least 4 members (excludes halogenated alkanes) is 2. The van der Waals surface area contributed by atoms with Gasteiger partial charge in [-0.2, -0.15) is 0 Å². The summed E-state index contributed by atoms with van der Waals surface area (Å²) < 4.78 is 41.0. The second kappa shape index (κ2) is 21.9. The van der Waals surface area contributed by atoms with Crippen LogP contribution in [0.4, 0.5) is 14.9 Å². The van der Waals surface area contributed by atoms with Gasteiger partial charge in [-0.3, -0.25) is 15.0 Å². The summed E-state index contributed by atoms with van der Waals surface area (Å²) in [7, 11) is 0. The zero-order chi connectivity index (χ0) is 46.8. The van der Waals surface area contributed by atoms with E-state index in [1.807, 2.05) is 43.3 Å². The van der Waals surface area contributed by atoms with Crippen LogP contribution in [0.1, 0.15) is 85.6 Å². The molecule has 1 saturated carbocycles. The molecule has 1 amide bonds. The molecule has 1 heterocycles. The van der Waals surface area contributed by atoms with E-state index in [1.54, 1.807) is 42.2 Å². The Balaban J connectivity index is 1.44. The summed E-state index contributed by atoms with van der Waals surface area (Å²) in [5.41, 5.74) is 5.78. The summed E-state index contributed by atoms with van der Waals surface area (Å²) >= 11 is 0. The number of hydrogen-bond donors (Lipinski definition) is 2. The van der Waals surface area contributed by atoms with Crippen molar-refractivity contribution in [1.29, 1.82) is 0 Å². The standard InChI is InChI=1S/C52H60FN3O10/c1-5-27-63-52-48(55(51(59)62-6-2)32-36-14-18-39(53)19-15-36)31-46(54-64-33-37-16-20-40(21-17-37)56(60)61)44-29-38(11-7-9-25-57)43(12-8-10-26-58)49(50(44)52)45-30-42(23-24-47(45)66-52)65-41-22-13-34(3)35(4)28-41/h5,13-24,28-30,38,43,48-50,57-58H,1,6-12,25-27,31-33H2,2-4H3. The van der Waals surface area contributed by atoms with Crippen molar-refractivity contribution in [2.24, 2.45) is 22.9 Å². The number of aliphatic hydroxyl groups is 2. The maximum atomic E-state index is 14.5. The van der Waals surface area contributed by atoms with Gasteiger partial charge in [-0.15, -0.1) is 6.58 Å². The molecule has 0 saturated heterocycles. The first-order valence-electron chi connectivity index (χ1n) is 22.9. The largest absolute Gasteiger partial charge is 0.459 e. The fourth-order valence-electron chi connectivity index (χ4n) is 9.82. The number of allylic oxidation sites excluding steroid dienone is 1. The normalized spacial score (nSPS) is 22.3. The van der Waals surface area contributed by atoms with E-state index in [-0.39, 0.29) is 69.4 Å². The Morgan fingerprint density at radius 2 is 1.65 bits per heavy atom. The minimum absolute atomic E-state index is 0.00500. The van der Waals surface area contributed by atoms with Gasteiger partial charge in [0.25, 0.3) is 5.69 Å². The number of amides is 1. The molecule has 2 N–H and O–H groups in total. The van der Waals surface area contributed by atoms with E-state index in [0.717, 1.165) is 47.9 Å². The number of benzene rings is 4. The maximum Gasteiger partial charge on any atom is 0.410 e. The number of nitro benzene ring substituents is 1. The number of halogens is 1. The molecule has 2 aliphatic carbocycles. The highest BCUT2D eigenvalue weighted by Gasteiger charge is 2.65. The van der Waals surface area contributed by atoms with Crippen molar-refractivity contribution in [2.75, 3.05) is 26.4 Å². The number of nitrogens with zero attached hydrogens (tertiary/aromatic N) is 3. The van der Waals surface area contributed by atoms with Crippen LogP contribution in [0.2, 0.25) is 0 Å². The van der Waals surface area contributed by atoms with Crippen molar-refractivity contribution in [3.63, 3.8) is 0 Å². The summed E-state index contributed by atoms with van der Waals surface area (Å²) in [4.78, 5) is 33.1. The molecule has 14 heteroatoms. The highest BCUT2D eigenvalue weighted by atomic mass is 19.1. The zero-order valence-corrected chi connectivity index (χ0v) is 37.9. The predicted molar refractivity (Wildman–Crippen MR) is 248 cm³/mol. The van der Waals surface area contributed by atoms with Crippen molar-refractivity contribution in [2.45, 2.75) is 96.6 Å². The lowest BCUT2D eigenvalue weighted by molar-refractivity contribution is -0.384. The number of carbonyl (C=O) groups excluding carboxylic acids is 1. The minimum atomic E-state index is -1.57. The Hall–Kier alpha value is -6.09. The van der Waals surface area contributed by atoms with Gasteiger partial charge in [0, 0.05) is 49.8 Å². The average molecular weight is 906 g/mol. The molecule has 7 rings (SSSR count). The van der Waals surface area contributed by atoms with Gasteiger partial charge < -0.3 is 34.0 Å². The van der Waals surface area contributed by atoms with E-state index in [4.69, 9.17) is 28.9 Å². The highest BCUT2D eigenvalue weighted by molar-refractivity contribution is 6.03. The monoisotopic (exact) mass is 905 g/mol. The van der Waals surface area contributed by atoms with Gasteiger partial charge in [0.1, 0.15) is 35.7 Å². The number of aliphatic hydroxyl groups excluding tert-OH is 2. The number of nitro groups is 1. The maximum absolute atomic E-state index is 14.5. The van der Waals surface area contributed by atoms with Crippen LogP contribution < -0.4 is 9.47 Å². The topological polar surface area (TPSA) is 162 Å². The molecule has 3 aliphatic rings. The third-order valence-electron chi connectivity index (χ3n) is 13.1. The van der Waals surface area contributed by atoms with Gasteiger partial charge in [0.2, 0.25) is 5.79 Å². The molecule has 1 aliphatic heterocycles. The number of ether oxygens (including phenoxy) is 4. The van der Waals surface area contributed by atoms with Crippen LogP contribution in [0.15, 0.2) is 114 Å². The van der Waals surface area contributed by atoms with Crippen molar-refractivity contribution < 1.29 is 48.1 Å². The number of rotatable bonds is 21. The molecular weight excluding hydrogens is 846 g/mol. The van der Waals surface area contributed by atoms with E-state index in [9.17, 15) is 29.5 Å². The van der Waals surface area contributed by atoms with Crippen molar-refractivity contribution >= 4 is 17.5 Å². The number of oxime groups is 1. The van der Waals surface area contributed by atoms with Gasteiger partial charge >= 0.3 is 6.09 Å². The summed E-state index contributed by atoms with van der Waals surface area (Å²) in [6, 6.07) is 22.9. The fraction of sp³-hybridized carbons (Fsp3) is 0.423. The van der Waals surface area contributed by atoms with Crippen molar-refractivity contribution in [3.05, 3.63) is 153 Å². The minimum Gasteiger partial charge on any atom is -0.459 e. The van der Waals surface area contributed by atoms with Crippen molar-refractivity contribution in [3.8, 4) is 17.2 Å². The Bertz CT molecular complexity index is 2390. The molecule has 0 radical (unpaired) electrons. The van der Waals surface area contributed by atoms with E-state index in [1.165, 1.54) is 24.3 Å². The lowest BCUT2D eigenvalue weighted by Gasteiger charge is -2.59. The quantitative estimate of drug-likeness (QED) is 0.0356. The third kappa shape index (κ3) is 10.6. The van der Waals surface area contributed by atoms with E-state index in [0.29, 0.717) is 46.9 Å². The molecule has 66 heavy (non-hydrogen) atoms. The van der Waals surface area contributed by atoms with Crippen molar-refractivity contribution in [1.82, 2.24) is 4.90 Å². The number of non-ortho nitro benzene ring substituents is 1. The van der Waals surface area contributed by atoms with E-state index < -0.39 is 34.6 Å². The molecule has 0 bridgehead atoms. The van der Waals surface area contributed by atoms with Crippen LogP contribution in [0.25, 0.3) is 0 Å². The molecule has 0 spiro atoms. The van der Waals surface area contributed by atoms with E-state index in [2.05, 4.69) is 19.6 Å². The Labute approximate surface area is 385 Å². The number of fused-ring (bicyclic) bond motifs is 2. The molecule has 4 aromatic rings. The Morgan fingerprint density at radius 3 is 2.33 bits per heavy atom. The second-order valence-electron chi connectivity index (χ2n) is 17.3. The first-order valence-corrected chi connectivity index (χ1v) is 22.9. The van der Waals surface area contributed by atoms with Crippen LogP contribution >= 0.6 is 0 Å². The smallest absolute Gasteiger partial charge is 0.410 e. The Morgan fingerprint density at radius 1 is 0.955 bits per heavy atom. The van der Waals surface area contributed by atoms with Gasteiger partial charge in [0.05, 0.1) is 29.8 Å². The SMILES string of the molecule is C=CCOC12Oc3ccc(Oc4ccc(C)c(C)c4)cc3C3C(CCCCO)C(CCCCO)C=C(C(=NOCc4ccc([N+](=O)[O-])cc4)CC1N(Cc1ccc(F)cc1)C(=O)OCC)C32. The first kappa shape index (κ1) is 47.9. The fourth-order valence-corrected chi connectivity index (χ4v) is 9.82. The van der Waals surface area contributed by atoms with Crippen LogP contribution in [0, 0.1) is 47.5 Å². The zero-order valence-electron chi connectivity index (χ0n) is 37.9. The van der Waals surface area contributed by atoms with Crippen LogP contribution in [-0.4, -0.2) is 70.1 Å². The lowest BCUT2D eigenvalue weighted by Crippen LogP contribution is -2.70. The molecule has 1 fully saturated rings. The van der Waals surface area contributed by atoms with Gasteiger partial charge in [-0.05, 0) is 141 Å². The number of aryl methyl sites for hydroxylation is 2. The van der Waals surface area contributed by atoms with Crippen LogP contribution in [-0.2, 0) is 27.5 Å². The molecule has 6 unspecified atom stereocenters. The molecule has 13 nitrogen and oxygen atoms in total. The molecule has 350 valence electrons. The van der Waals surface area contributed by atoms with Gasteiger partial charge in [-0.1, -0.05) is 48.3 Å². The van der Waals surface area contributed by atoms with Gasteiger partial charge in [0.15, 0.2) is 0 Å². The van der Waals surface area contributed by atoms with Crippen LogP contribution in [0.3, 0.4) is 0 Å². The molecule has 6 atom stereocenters. The summed E-state index contributed by atoms with van der Waals surface area (Å²) in [5.74, 6) is -1.12. The molecule has 0 aromatic heterocycles. The lowest BCUT2D eigenvalue weighted by atomic mass is 9.55. The van der Waals surface area contributed by atoms with Crippen LogP contribution in [0.5, 0.6) is 17.2 Å². The molecular formula is C52H60FN3O10. The summed E-state index contributed by atoms with van der Waals surface area (Å²) in [6.07, 6.45) is 7.57. The number of hydrogen-bond acceptors (Lipinski definition) is 11. The average Bonchev–Trinajstić information content (AvgIpc) is 3.31. The predicted octanol–water partition coefficient (Wildman–Crippen LogP) is 10.6. The Kier molecular flexibility index (Phi) is 15.9. The summed E-state index contributed by atoms with van der Waals surface area (Å²) in [6.45, 7) is 10.1. The third-order valence-corrected chi connectivity index (χ3v) is 13.1. The number of carbonyl (C=O) groups is 1. The molecule has 4 aromatic carbocycles. The van der Waals surface area contributed by atoms with E-state index >= 15 is 0 Å². The summed E-state index contributed by atoms with van der Waals surface area (Å²) in [5, 5.41) is 36.2. The first-order chi connectivity index (χ1) is 32.0. The second-order valence-corrected chi connectivity index (χ2v) is 17.3. The van der Waals surface area contributed by atoms with Gasteiger partial charge in [-0.25, -0.2) is 9.18 Å². The highest BCUT2D eigenvalue weighted by Crippen LogP contribution is 2.62.